The van der Waals surface area contributed by atoms with Gasteiger partial charge in [-0.25, -0.2) is 0 Å². The van der Waals surface area contributed by atoms with Crippen molar-refractivity contribution in [3.63, 3.8) is 0 Å². The Morgan fingerprint density at radius 3 is 2.37 bits per heavy atom. The lowest BCUT2D eigenvalue weighted by Gasteiger charge is -2.27. The molecule has 0 amide bonds. The van der Waals surface area contributed by atoms with Crippen molar-refractivity contribution in [2.75, 3.05) is 7.11 Å². The third-order valence-corrected chi connectivity index (χ3v) is 4.06. The summed E-state index contributed by atoms with van der Waals surface area (Å²) in [6.45, 7) is 7.70. The SMILES string of the molecule is CCC(CC)(Cc1ncc(C)c(OC)c1C)C(=O)O. The molecule has 0 saturated heterocycles. The van der Waals surface area contributed by atoms with Gasteiger partial charge in [0, 0.05) is 29.4 Å². The van der Waals surface area contributed by atoms with E-state index in [9.17, 15) is 9.90 Å². The van der Waals surface area contributed by atoms with E-state index >= 15 is 0 Å². The van der Waals surface area contributed by atoms with Gasteiger partial charge in [-0.15, -0.1) is 0 Å². The van der Waals surface area contributed by atoms with Crippen LogP contribution in [0.15, 0.2) is 6.20 Å². The number of rotatable bonds is 6. The highest BCUT2D eigenvalue weighted by molar-refractivity contribution is 5.75. The molecule has 1 N–H and O–H groups in total. The average molecular weight is 265 g/mol. The number of hydrogen-bond acceptors (Lipinski definition) is 3. The van der Waals surface area contributed by atoms with Gasteiger partial charge in [0.2, 0.25) is 0 Å². The number of pyridine rings is 1. The Morgan fingerprint density at radius 1 is 1.37 bits per heavy atom. The number of hydrogen-bond donors (Lipinski definition) is 1. The van der Waals surface area contributed by atoms with Crippen molar-refractivity contribution < 1.29 is 14.6 Å². The van der Waals surface area contributed by atoms with Crippen LogP contribution in [-0.2, 0) is 11.2 Å². The van der Waals surface area contributed by atoms with Gasteiger partial charge in [0.1, 0.15) is 5.75 Å². The van der Waals surface area contributed by atoms with Crippen molar-refractivity contribution >= 4 is 5.97 Å². The Kier molecular flexibility index (Phi) is 4.92. The topological polar surface area (TPSA) is 59.4 Å². The fourth-order valence-corrected chi connectivity index (χ4v) is 2.45. The minimum absolute atomic E-state index is 0.442. The number of carboxylic acid groups (broad SMARTS) is 1. The maximum Gasteiger partial charge on any atom is 0.310 e. The normalized spacial score (nSPS) is 11.4. The second kappa shape index (κ2) is 6.04. The van der Waals surface area contributed by atoms with Gasteiger partial charge in [0.25, 0.3) is 0 Å². The molecule has 19 heavy (non-hydrogen) atoms. The predicted molar refractivity (Wildman–Crippen MR) is 74.6 cm³/mol. The summed E-state index contributed by atoms with van der Waals surface area (Å²) < 4.78 is 5.37. The third-order valence-electron chi connectivity index (χ3n) is 4.06. The van der Waals surface area contributed by atoms with Crippen LogP contribution in [0.5, 0.6) is 5.75 Å². The van der Waals surface area contributed by atoms with Crippen LogP contribution in [0, 0.1) is 19.3 Å². The van der Waals surface area contributed by atoms with Gasteiger partial charge in [-0.2, -0.15) is 0 Å². The summed E-state index contributed by atoms with van der Waals surface area (Å²) in [6.07, 6.45) is 3.38. The van der Waals surface area contributed by atoms with Gasteiger partial charge in [0.05, 0.1) is 12.5 Å². The van der Waals surface area contributed by atoms with Crippen LogP contribution in [-0.4, -0.2) is 23.2 Å². The van der Waals surface area contributed by atoms with E-state index in [-0.39, 0.29) is 0 Å². The summed E-state index contributed by atoms with van der Waals surface area (Å²) in [5, 5.41) is 9.50. The van der Waals surface area contributed by atoms with E-state index in [0.29, 0.717) is 19.3 Å². The molecule has 0 fully saturated rings. The van der Waals surface area contributed by atoms with Crippen molar-refractivity contribution in [2.24, 2.45) is 5.41 Å². The van der Waals surface area contributed by atoms with E-state index in [1.807, 2.05) is 27.7 Å². The monoisotopic (exact) mass is 265 g/mol. The molecular formula is C15H23NO3. The van der Waals surface area contributed by atoms with Crippen molar-refractivity contribution in [3.8, 4) is 5.75 Å². The minimum atomic E-state index is -0.752. The van der Waals surface area contributed by atoms with Crippen LogP contribution in [0.1, 0.15) is 43.5 Å². The molecule has 4 heteroatoms. The van der Waals surface area contributed by atoms with Crippen LogP contribution < -0.4 is 4.74 Å². The number of carbonyl (C=O) groups is 1. The van der Waals surface area contributed by atoms with Crippen molar-refractivity contribution in [1.29, 1.82) is 0 Å². The van der Waals surface area contributed by atoms with Crippen molar-refractivity contribution in [2.45, 2.75) is 47.0 Å². The molecule has 4 nitrogen and oxygen atoms in total. The molecule has 0 aliphatic carbocycles. The summed E-state index contributed by atoms with van der Waals surface area (Å²) >= 11 is 0. The van der Waals surface area contributed by atoms with Crippen LogP contribution in [0.4, 0.5) is 0 Å². The van der Waals surface area contributed by atoms with Crippen LogP contribution in [0.25, 0.3) is 0 Å². The Balaban J connectivity index is 3.21. The molecule has 0 aromatic carbocycles. The van der Waals surface area contributed by atoms with E-state index in [1.165, 1.54) is 0 Å². The molecule has 1 heterocycles. The first-order chi connectivity index (χ1) is 8.91. The molecule has 0 atom stereocenters. The molecule has 0 aliphatic heterocycles. The maximum absolute atomic E-state index is 11.6. The predicted octanol–water partition coefficient (Wildman–Crippen LogP) is 3.14. The smallest absolute Gasteiger partial charge is 0.310 e. The second-order valence-electron chi connectivity index (χ2n) is 5.02. The fraction of sp³-hybridized carbons (Fsp3) is 0.600. The summed E-state index contributed by atoms with van der Waals surface area (Å²) in [5.41, 5.74) is 1.99. The van der Waals surface area contributed by atoms with Crippen LogP contribution >= 0.6 is 0 Å². The second-order valence-corrected chi connectivity index (χ2v) is 5.02. The van der Waals surface area contributed by atoms with Crippen LogP contribution in [0.2, 0.25) is 0 Å². The summed E-state index contributed by atoms with van der Waals surface area (Å²) in [6, 6.07) is 0. The molecule has 0 spiro atoms. The highest BCUT2D eigenvalue weighted by Crippen LogP contribution is 2.34. The summed E-state index contributed by atoms with van der Waals surface area (Å²) in [5.74, 6) is 0.0507. The van der Waals surface area contributed by atoms with Gasteiger partial charge >= 0.3 is 5.97 Å². The molecule has 0 aliphatic rings. The molecule has 0 bridgehead atoms. The zero-order valence-corrected chi connectivity index (χ0v) is 12.4. The van der Waals surface area contributed by atoms with E-state index < -0.39 is 11.4 Å². The zero-order chi connectivity index (χ0) is 14.6. The molecule has 1 aromatic rings. The van der Waals surface area contributed by atoms with E-state index in [2.05, 4.69) is 4.98 Å². The minimum Gasteiger partial charge on any atom is -0.496 e. The standard InChI is InChI=1S/C15H23NO3/c1-6-15(7-2,14(17)18)8-12-11(4)13(19-5)10(3)9-16-12/h9H,6-8H2,1-5H3,(H,17,18). The highest BCUT2D eigenvalue weighted by Gasteiger charge is 2.36. The maximum atomic E-state index is 11.6. The van der Waals surface area contributed by atoms with Gasteiger partial charge in [-0.05, 0) is 26.7 Å². The largest absolute Gasteiger partial charge is 0.496 e. The van der Waals surface area contributed by atoms with Gasteiger partial charge in [-0.1, -0.05) is 13.8 Å². The van der Waals surface area contributed by atoms with Gasteiger partial charge < -0.3 is 9.84 Å². The van der Waals surface area contributed by atoms with E-state index in [1.54, 1.807) is 13.3 Å². The molecule has 1 rings (SSSR count). The molecule has 0 radical (unpaired) electrons. The highest BCUT2D eigenvalue weighted by atomic mass is 16.5. The fourth-order valence-electron chi connectivity index (χ4n) is 2.45. The van der Waals surface area contributed by atoms with Crippen LogP contribution in [0.3, 0.4) is 0 Å². The summed E-state index contributed by atoms with van der Waals surface area (Å²) in [4.78, 5) is 16.0. The number of methoxy groups -OCH3 is 1. The van der Waals surface area contributed by atoms with Gasteiger partial charge in [-0.3, -0.25) is 9.78 Å². The van der Waals surface area contributed by atoms with Crippen molar-refractivity contribution in [1.82, 2.24) is 4.98 Å². The molecule has 1 aromatic heterocycles. The molecular weight excluding hydrogens is 242 g/mol. The Labute approximate surface area is 114 Å². The van der Waals surface area contributed by atoms with Crippen molar-refractivity contribution in [3.05, 3.63) is 23.0 Å². The van der Waals surface area contributed by atoms with E-state index in [4.69, 9.17) is 4.74 Å². The number of aryl methyl sites for hydroxylation is 1. The lowest BCUT2D eigenvalue weighted by molar-refractivity contribution is -0.149. The number of nitrogens with zero attached hydrogens (tertiary/aromatic N) is 1. The molecule has 0 unspecified atom stereocenters. The lowest BCUT2D eigenvalue weighted by atomic mass is 9.77. The first-order valence-corrected chi connectivity index (χ1v) is 6.64. The summed E-state index contributed by atoms with van der Waals surface area (Å²) in [7, 11) is 1.63. The number of aromatic nitrogens is 1. The Hall–Kier alpha value is -1.58. The number of carboxylic acids is 1. The van der Waals surface area contributed by atoms with E-state index in [0.717, 1.165) is 22.6 Å². The number of aliphatic carboxylic acids is 1. The zero-order valence-electron chi connectivity index (χ0n) is 12.4. The quantitative estimate of drug-likeness (QED) is 0.858. The van der Waals surface area contributed by atoms with Gasteiger partial charge in [0.15, 0.2) is 0 Å². The average Bonchev–Trinajstić information content (AvgIpc) is 2.39. The molecule has 106 valence electrons. The first kappa shape index (κ1) is 15.5. The third kappa shape index (κ3) is 2.88. The Bertz CT molecular complexity index is 465. The number of ether oxygens (including phenoxy) is 1. The molecule has 0 saturated carbocycles. The first-order valence-electron chi connectivity index (χ1n) is 6.64. The lowest BCUT2D eigenvalue weighted by Crippen LogP contribution is -2.32. The Morgan fingerprint density at radius 2 is 1.95 bits per heavy atom.